The van der Waals surface area contributed by atoms with Crippen LogP contribution in [-0.4, -0.2) is 40.8 Å². The molecule has 0 aliphatic carbocycles. The lowest BCUT2D eigenvalue weighted by Crippen LogP contribution is -1.93. The van der Waals surface area contributed by atoms with Crippen molar-refractivity contribution in [3.8, 4) is 0 Å². The van der Waals surface area contributed by atoms with Crippen LogP contribution < -0.4 is 0 Å². The van der Waals surface area contributed by atoms with Gasteiger partial charge in [0.2, 0.25) is 0 Å². The van der Waals surface area contributed by atoms with Crippen molar-refractivity contribution < 1.29 is 9.90 Å². The second kappa shape index (κ2) is 20.3. The number of carboxylic acid groups (broad SMARTS) is 1. The van der Waals surface area contributed by atoms with Crippen LogP contribution in [0.1, 0.15) is 110 Å². The van der Waals surface area contributed by atoms with Crippen molar-refractivity contribution in [1.82, 2.24) is 29.7 Å². The summed E-state index contributed by atoms with van der Waals surface area (Å²) in [4.78, 5) is 10.3. The Hall–Kier alpha value is -2.65. The highest BCUT2D eigenvalue weighted by atomic mass is 16.4. The molecule has 0 fully saturated rings. The van der Waals surface area contributed by atoms with Crippen molar-refractivity contribution in [2.45, 2.75) is 110 Å². The minimum absolute atomic E-state index is 0.345. The molecule has 180 valence electrons. The Labute approximate surface area is 191 Å². The summed E-state index contributed by atoms with van der Waals surface area (Å²) in [5, 5.41) is 30.1. The Balaban J connectivity index is 0.000000357. The summed E-state index contributed by atoms with van der Waals surface area (Å²) >= 11 is 0. The zero-order valence-electron chi connectivity index (χ0n) is 19.6. The summed E-state index contributed by atoms with van der Waals surface area (Å²) in [6, 6.07) is 0. The molecule has 10 heteroatoms. The topological polar surface area (TPSA) is 123 Å². The number of carbonyl (C=O) groups is 1. The quantitative estimate of drug-likeness (QED) is 0.224. The number of hydrogen-bond acceptors (Lipinski definition) is 7. The largest absolute Gasteiger partial charge is 0.481 e. The lowest BCUT2D eigenvalue weighted by molar-refractivity contribution is -0.137. The Bertz CT molecular complexity index is 638. The van der Waals surface area contributed by atoms with Gasteiger partial charge in [-0.2, -0.15) is 9.35 Å². The fourth-order valence-corrected chi connectivity index (χ4v) is 3.22. The molecular formula is C22H40N8O2. The predicted octanol–water partition coefficient (Wildman–Crippen LogP) is 5.88. The smallest absolute Gasteiger partial charge is 0.303 e. The van der Waals surface area contributed by atoms with Gasteiger partial charge in [-0.1, -0.05) is 96.8 Å². The molecule has 0 unspecified atom stereocenters. The summed E-state index contributed by atoms with van der Waals surface area (Å²) in [6.07, 6.45) is 25.9. The summed E-state index contributed by atoms with van der Waals surface area (Å²) in [7, 11) is 0. The fourth-order valence-electron chi connectivity index (χ4n) is 3.22. The molecule has 0 radical (unpaired) electrons. The summed E-state index contributed by atoms with van der Waals surface area (Å²) in [5.74, 6) is -0.653. The third-order valence-corrected chi connectivity index (χ3v) is 5.05. The third-order valence-electron chi connectivity index (χ3n) is 5.05. The first kappa shape index (κ1) is 27.4. The van der Waals surface area contributed by atoms with Gasteiger partial charge in [-0.3, -0.25) is 4.79 Å². The molecule has 0 saturated heterocycles. The second-order valence-corrected chi connectivity index (χ2v) is 7.96. The van der Waals surface area contributed by atoms with Gasteiger partial charge >= 0.3 is 5.97 Å². The van der Waals surface area contributed by atoms with Gasteiger partial charge in [0.05, 0.1) is 0 Å². The highest BCUT2D eigenvalue weighted by molar-refractivity contribution is 5.66. The van der Waals surface area contributed by atoms with Crippen LogP contribution in [0.25, 0.3) is 0 Å². The lowest BCUT2D eigenvalue weighted by Gasteiger charge is -2.03. The minimum Gasteiger partial charge on any atom is -0.481 e. The maximum atomic E-state index is 10.3. The van der Waals surface area contributed by atoms with E-state index >= 15 is 0 Å². The summed E-state index contributed by atoms with van der Waals surface area (Å²) in [6.45, 7) is 2.27. The molecule has 2 rings (SSSR count). The Kier molecular flexibility index (Phi) is 17.3. The zero-order valence-corrected chi connectivity index (χ0v) is 19.6. The van der Waals surface area contributed by atoms with Crippen LogP contribution in [0.2, 0.25) is 0 Å². The number of unbranched alkanes of at least 4 members (excludes halogenated alkanes) is 14. The van der Waals surface area contributed by atoms with Gasteiger partial charge in [-0.05, 0) is 16.9 Å². The summed E-state index contributed by atoms with van der Waals surface area (Å²) < 4.78 is 2.72. The van der Waals surface area contributed by atoms with Gasteiger partial charge in [0.1, 0.15) is 25.3 Å². The standard InChI is InChI=1S/C18H36O2.C4H4N8/c1-2-3-4-5-6-7-8-9-10-11-12-13-14-15-16-17-18(19)20;1-5-6-2-11(1)9-10-12-3-7-8-4-12/h2-17H2,1H3,(H,19,20);1-4H. The molecule has 0 bridgehead atoms. The number of aromatic nitrogens is 6. The molecule has 0 aromatic carbocycles. The first-order chi connectivity index (χ1) is 15.7. The van der Waals surface area contributed by atoms with E-state index in [9.17, 15) is 4.79 Å². The van der Waals surface area contributed by atoms with Crippen LogP contribution in [0.4, 0.5) is 0 Å². The van der Waals surface area contributed by atoms with Crippen LogP contribution in [0.3, 0.4) is 0 Å². The van der Waals surface area contributed by atoms with Crippen molar-refractivity contribution in [1.29, 1.82) is 0 Å². The van der Waals surface area contributed by atoms with E-state index in [1.807, 2.05) is 0 Å². The molecule has 2 aromatic heterocycles. The minimum atomic E-state index is -0.653. The maximum absolute atomic E-state index is 10.3. The Morgan fingerprint density at radius 3 is 1.25 bits per heavy atom. The molecular weight excluding hydrogens is 408 g/mol. The highest BCUT2D eigenvalue weighted by Crippen LogP contribution is 2.13. The van der Waals surface area contributed by atoms with Crippen molar-refractivity contribution in [3.63, 3.8) is 0 Å². The number of nitrogens with zero attached hydrogens (tertiary/aromatic N) is 8. The van der Waals surface area contributed by atoms with Crippen LogP contribution in [-0.2, 0) is 4.79 Å². The van der Waals surface area contributed by atoms with E-state index < -0.39 is 5.97 Å². The molecule has 32 heavy (non-hydrogen) atoms. The van der Waals surface area contributed by atoms with Crippen LogP contribution in [0.5, 0.6) is 0 Å². The number of hydrogen-bond donors (Lipinski definition) is 1. The number of aliphatic carboxylic acids is 1. The third kappa shape index (κ3) is 17.1. The molecule has 0 amide bonds. The second-order valence-electron chi connectivity index (χ2n) is 7.96. The molecule has 0 spiro atoms. The Morgan fingerprint density at radius 1 is 0.625 bits per heavy atom. The maximum Gasteiger partial charge on any atom is 0.303 e. The van der Waals surface area contributed by atoms with Crippen molar-refractivity contribution in [2.24, 2.45) is 10.4 Å². The Morgan fingerprint density at radius 2 is 0.938 bits per heavy atom. The first-order valence-corrected chi connectivity index (χ1v) is 12.1. The molecule has 0 aliphatic heterocycles. The average molecular weight is 449 g/mol. The van der Waals surface area contributed by atoms with E-state index in [4.69, 9.17) is 5.11 Å². The SMILES string of the molecule is CCCCCCCCCCCCCCCCCC(=O)O.c1nncn1N=Nn1cnnc1. The molecule has 2 aromatic rings. The van der Waals surface area contributed by atoms with Gasteiger partial charge in [0.15, 0.2) is 0 Å². The lowest BCUT2D eigenvalue weighted by atomic mass is 10.0. The van der Waals surface area contributed by atoms with E-state index in [-0.39, 0.29) is 0 Å². The highest BCUT2D eigenvalue weighted by Gasteiger charge is 1.97. The van der Waals surface area contributed by atoms with Gasteiger partial charge in [-0.25, -0.2) is 0 Å². The van der Waals surface area contributed by atoms with Crippen LogP contribution in [0.15, 0.2) is 35.8 Å². The van der Waals surface area contributed by atoms with E-state index in [0.29, 0.717) is 6.42 Å². The first-order valence-electron chi connectivity index (χ1n) is 12.1. The zero-order chi connectivity index (χ0) is 23.1. The summed E-state index contributed by atoms with van der Waals surface area (Å²) in [5.41, 5.74) is 0. The van der Waals surface area contributed by atoms with Crippen molar-refractivity contribution in [3.05, 3.63) is 25.3 Å². The molecule has 2 heterocycles. The number of rotatable bonds is 18. The predicted molar refractivity (Wildman–Crippen MR) is 123 cm³/mol. The van der Waals surface area contributed by atoms with Crippen LogP contribution in [0, 0.1) is 0 Å². The van der Waals surface area contributed by atoms with E-state index in [2.05, 4.69) is 37.8 Å². The average Bonchev–Trinajstić information content (AvgIpc) is 3.49. The van der Waals surface area contributed by atoms with Gasteiger partial charge in [0.25, 0.3) is 0 Å². The molecule has 1 N–H and O–H groups in total. The van der Waals surface area contributed by atoms with Gasteiger partial charge in [0, 0.05) is 6.42 Å². The normalized spacial score (nSPS) is 10.9. The monoisotopic (exact) mass is 448 g/mol. The van der Waals surface area contributed by atoms with E-state index in [0.717, 1.165) is 12.8 Å². The van der Waals surface area contributed by atoms with E-state index in [1.54, 1.807) is 0 Å². The van der Waals surface area contributed by atoms with E-state index in [1.165, 1.54) is 118 Å². The molecule has 0 aliphatic rings. The molecule has 0 saturated carbocycles. The van der Waals surface area contributed by atoms with Crippen molar-refractivity contribution >= 4 is 5.97 Å². The number of carboxylic acids is 1. The molecule has 10 nitrogen and oxygen atoms in total. The van der Waals surface area contributed by atoms with Crippen LogP contribution >= 0.6 is 0 Å². The van der Waals surface area contributed by atoms with Crippen molar-refractivity contribution in [2.75, 3.05) is 0 Å². The molecule has 0 atom stereocenters. The van der Waals surface area contributed by atoms with Gasteiger partial charge < -0.3 is 5.11 Å². The van der Waals surface area contributed by atoms with Gasteiger partial charge in [-0.15, -0.1) is 20.4 Å². The fraction of sp³-hybridized carbons (Fsp3) is 0.773.